The molecule has 0 aliphatic carbocycles. The van der Waals surface area contributed by atoms with Crippen molar-refractivity contribution in [1.82, 2.24) is 5.43 Å². The first-order valence-electron chi connectivity index (χ1n) is 6.28. The Labute approximate surface area is 118 Å². The van der Waals surface area contributed by atoms with Gasteiger partial charge in [-0.25, -0.2) is 10.2 Å². The highest BCUT2D eigenvalue weighted by atomic mass is 16.5. The van der Waals surface area contributed by atoms with E-state index in [0.29, 0.717) is 11.5 Å². The molecule has 0 saturated carbocycles. The Morgan fingerprint density at radius 3 is 2.55 bits per heavy atom. The zero-order valence-corrected chi connectivity index (χ0v) is 12.3. The molecule has 0 radical (unpaired) electrons. The maximum Gasteiger partial charge on any atom is 0.332 e. The molecule has 1 atom stereocenters. The highest BCUT2D eigenvalue weighted by molar-refractivity contribution is 5.85. The molecule has 2 amide bonds. The van der Waals surface area contributed by atoms with Crippen LogP contribution in [-0.4, -0.2) is 26.0 Å². The molecule has 1 rings (SSSR count). The number of hydrogen-bond donors (Lipinski definition) is 2. The Kier molecular flexibility index (Phi) is 5.83. The van der Waals surface area contributed by atoms with Crippen molar-refractivity contribution in [3.63, 3.8) is 0 Å². The first kappa shape index (κ1) is 15.8. The van der Waals surface area contributed by atoms with E-state index in [4.69, 9.17) is 15.2 Å². The first-order chi connectivity index (χ1) is 9.47. The number of amides is 2. The second-order valence-corrected chi connectivity index (χ2v) is 4.52. The van der Waals surface area contributed by atoms with Crippen LogP contribution in [0.4, 0.5) is 4.79 Å². The number of nitrogens with one attached hydrogen (secondary N) is 1. The van der Waals surface area contributed by atoms with Gasteiger partial charge in [-0.3, -0.25) is 0 Å². The van der Waals surface area contributed by atoms with Gasteiger partial charge in [-0.2, -0.15) is 5.10 Å². The lowest BCUT2D eigenvalue weighted by atomic mass is 9.97. The summed E-state index contributed by atoms with van der Waals surface area (Å²) in [6.45, 7) is 3.87. The van der Waals surface area contributed by atoms with Crippen molar-refractivity contribution in [2.75, 3.05) is 14.2 Å². The lowest BCUT2D eigenvalue weighted by molar-refractivity contribution is 0.249. The van der Waals surface area contributed by atoms with E-state index in [1.54, 1.807) is 14.2 Å². The van der Waals surface area contributed by atoms with E-state index in [-0.39, 0.29) is 5.92 Å². The van der Waals surface area contributed by atoms with Crippen LogP contribution < -0.4 is 20.6 Å². The van der Waals surface area contributed by atoms with Crippen molar-refractivity contribution < 1.29 is 14.3 Å². The third-order valence-corrected chi connectivity index (χ3v) is 3.05. The highest BCUT2D eigenvalue weighted by Crippen LogP contribution is 2.28. The third-order valence-electron chi connectivity index (χ3n) is 3.05. The van der Waals surface area contributed by atoms with Gasteiger partial charge in [0.25, 0.3) is 0 Å². The minimum absolute atomic E-state index is 0.167. The Balaban J connectivity index is 2.77. The molecular weight excluding hydrogens is 258 g/mol. The number of nitrogens with zero attached hydrogens (tertiary/aromatic N) is 1. The molecule has 0 fully saturated rings. The Bertz CT molecular complexity index is 500. The number of rotatable bonds is 6. The zero-order valence-electron chi connectivity index (χ0n) is 12.3. The maximum atomic E-state index is 10.6. The molecule has 1 aromatic carbocycles. The summed E-state index contributed by atoms with van der Waals surface area (Å²) in [7, 11) is 3.21. The molecule has 20 heavy (non-hydrogen) atoms. The maximum absolute atomic E-state index is 10.6. The highest BCUT2D eigenvalue weighted by Gasteiger charge is 2.10. The Hall–Kier alpha value is -2.24. The molecule has 0 saturated heterocycles. The van der Waals surface area contributed by atoms with Crippen LogP contribution in [0.1, 0.15) is 19.4 Å². The van der Waals surface area contributed by atoms with Crippen LogP contribution in [0.25, 0.3) is 0 Å². The third kappa shape index (κ3) is 4.46. The number of urea groups is 1. The largest absolute Gasteiger partial charge is 0.493 e. The second kappa shape index (κ2) is 7.37. The summed E-state index contributed by atoms with van der Waals surface area (Å²) in [6, 6.07) is 5.12. The second-order valence-electron chi connectivity index (χ2n) is 4.52. The normalized spacial score (nSPS) is 12.7. The molecular formula is C14H21N3O3. The van der Waals surface area contributed by atoms with Gasteiger partial charge in [0.05, 0.1) is 14.2 Å². The van der Waals surface area contributed by atoms with Gasteiger partial charge in [-0.1, -0.05) is 13.0 Å². The monoisotopic (exact) mass is 279 g/mol. The summed E-state index contributed by atoms with van der Waals surface area (Å²) in [4.78, 5) is 10.6. The number of hydrazone groups is 1. The molecule has 0 unspecified atom stereocenters. The fourth-order valence-electron chi connectivity index (χ4n) is 1.76. The molecule has 0 heterocycles. The van der Waals surface area contributed by atoms with Crippen LogP contribution in [0, 0.1) is 5.92 Å². The van der Waals surface area contributed by atoms with Gasteiger partial charge in [-0.15, -0.1) is 0 Å². The number of hydrogen-bond acceptors (Lipinski definition) is 4. The lowest BCUT2D eigenvalue weighted by Gasteiger charge is -2.13. The van der Waals surface area contributed by atoms with Crippen molar-refractivity contribution in [2.24, 2.45) is 16.8 Å². The minimum atomic E-state index is -0.664. The Morgan fingerprint density at radius 1 is 1.35 bits per heavy atom. The fraction of sp³-hybridized carbons (Fsp3) is 0.429. The van der Waals surface area contributed by atoms with Crippen molar-refractivity contribution in [3.8, 4) is 11.5 Å². The van der Waals surface area contributed by atoms with Gasteiger partial charge < -0.3 is 15.2 Å². The summed E-state index contributed by atoms with van der Waals surface area (Å²) < 4.78 is 10.5. The van der Waals surface area contributed by atoms with Crippen molar-refractivity contribution in [3.05, 3.63) is 23.8 Å². The van der Waals surface area contributed by atoms with Gasteiger partial charge in [0, 0.05) is 5.71 Å². The van der Waals surface area contributed by atoms with Crippen LogP contribution in [0.5, 0.6) is 11.5 Å². The average molecular weight is 279 g/mol. The number of methoxy groups -OCH3 is 2. The first-order valence-corrected chi connectivity index (χ1v) is 6.28. The minimum Gasteiger partial charge on any atom is -0.493 e. The van der Waals surface area contributed by atoms with Crippen LogP contribution in [0.3, 0.4) is 0 Å². The summed E-state index contributed by atoms with van der Waals surface area (Å²) >= 11 is 0. The van der Waals surface area contributed by atoms with E-state index in [2.05, 4.69) is 10.5 Å². The number of benzene rings is 1. The molecule has 1 aromatic rings. The smallest absolute Gasteiger partial charge is 0.332 e. The van der Waals surface area contributed by atoms with E-state index in [1.165, 1.54) is 0 Å². The van der Waals surface area contributed by atoms with E-state index in [1.807, 2.05) is 32.0 Å². The van der Waals surface area contributed by atoms with E-state index in [9.17, 15) is 4.79 Å². The van der Waals surface area contributed by atoms with Gasteiger partial charge >= 0.3 is 6.03 Å². The van der Waals surface area contributed by atoms with E-state index >= 15 is 0 Å². The standard InChI is InChI=1S/C14H21N3O3/c1-9(10(2)16-17-14(15)18)7-11-5-6-12(19-3)13(8-11)20-4/h5-6,8-9H,7H2,1-4H3,(H3,15,17,18)/b16-10+/t9-/m1/s1. The number of carbonyl (C=O) groups excluding carboxylic acids is 1. The summed E-state index contributed by atoms with van der Waals surface area (Å²) in [5, 5.41) is 3.93. The van der Waals surface area contributed by atoms with Crippen molar-refractivity contribution in [2.45, 2.75) is 20.3 Å². The van der Waals surface area contributed by atoms with Crippen LogP contribution in [0.2, 0.25) is 0 Å². The van der Waals surface area contributed by atoms with Gasteiger partial charge in [0.2, 0.25) is 0 Å². The quantitative estimate of drug-likeness (QED) is 0.616. The topological polar surface area (TPSA) is 85.9 Å². The number of primary amides is 1. The van der Waals surface area contributed by atoms with Crippen molar-refractivity contribution in [1.29, 1.82) is 0 Å². The van der Waals surface area contributed by atoms with E-state index < -0.39 is 6.03 Å². The number of nitrogens with two attached hydrogens (primary N) is 1. The fourth-order valence-corrected chi connectivity index (χ4v) is 1.76. The molecule has 0 spiro atoms. The van der Waals surface area contributed by atoms with Crippen LogP contribution in [-0.2, 0) is 6.42 Å². The van der Waals surface area contributed by atoms with Gasteiger partial charge in [0.15, 0.2) is 11.5 Å². The molecule has 6 nitrogen and oxygen atoms in total. The van der Waals surface area contributed by atoms with E-state index in [0.717, 1.165) is 17.7 Å². The molecule has 0 aliphatic rings. The Morgan fingerprint density at radius 2 is 2.00 bits per heavy atom. The predicted molar refractivity (Wildman–Crippen MR) is 78.2 cm³/mol. The summed E-state index contributed by atoms with van der Waals surface area (Å²) in [6.07, 6.45) is 0.774. The SMILES string of the molecule is COc1ccc(C[C@@H](C)/C(C)=N/NC(N)=O)cc1OC. The summed E-state index contributed by atoms with van der Waals surface area (Å²) in [5.74, 6) is 1.56. The van der Waals surface area contributed by atoms with Crippen LogP contribution in [0.15, 0.2) is 23.3 Å². The molecule has 6 heteroatoms. The van der Waals surface area contributed by atoms with Crippen molar-refractivity contribution >= 4 is 11.7 Å². The molecule has 110 valence electrons. The molecule has 0 aliphatic heterocycles. The van der Waals surface area contributed by atoms with Gasteiger partial charge in [0.1, 0.15) is 0 Å². The van der Waals surface area contributed by atoms with Crippen LogP contribution >= 0.6 is 0 Å². The number of ether oxygens (including phenoxy) is 2. The average Bonchev–Trinajstić information content (AvgIpc) is 2.44. The zero-order chi connectivity index (χ0) is 15.1. The summed E-state index contributed by atoms with van der Waals surface area (Å²) in [5.41, 5.74) is 9.12. The van der Waals surface area contributed by atoms with Gasteiger partial charge in [-0.05, 0) is 37.0 Å². The molecule has 3 N–H and O–H groups in total. The number of carbonyl (C=O) groups is 1. The predicted octanol–water partition coefficient (Wildman–Crippen LogP) is 1.93. The molecule has 0 aromatic heterocycles. The lowest BCUT2D eigenvalue weighted by Crippen LogP contribution is -2.26. The molecule has 0 bridgehead atoms.